The largest absolute Gasteiger partial charge is 0.444 e. The van der Waals surface area contributed by atoms with Crippen LogP contribution < -0.4 is 15.5 Å². The van der Waals surface area contributed by atoms with Gasteiger partial charge in [-0.25, -0.2) is 19.0 Å². The zero-order valence-electron chi connectivity index (χ0n) is 30.0. The molecular formula is C35H46FN9O5. The Morgan fingerprint density at radius 3 is 2.26 bits per heavy atom. The van der Waals surface area contributed by atoms with Crippen LogP contribution in [0.2, 0.25) is 0 Å². The summed E-state index contributed by atoms with van der Waals surface area (Å²) >= 11 is 0. The normalized spacial score (nSPS) is 15.7. The number of halogens is 1. The Morgan fingerprint density at radius 1 is 0.960 bits per heavy atom. The maximum Gasteiger partial charge on any atom is 0.410 e. The molecule has 0 unspecified atom stereocenters. The number of carbonyl (C=O) groups excluding carboxylic acids is 3. The first-order valence-corrected chi connectivity index (χ1v) is 17.0. The number of alkyl carbamates (subject to hydrolysis) is 1. The molecule has 0 spiro atoms. The molecule has 3 aromatic heterocycles. The molecule has 1 saturated carbocycles. The fourth-order valence-electron chi connectivity index (χ4n) is 6.39. The summed E-state index contributed by atoms with van der Waals surface area (Å²) in [7, 11) is 1.73. The van der Waals surface area contributed by atoms with Crippen LogP contribution in [0.1, 0.15) is 89.0 Å². The van der Waals surface area contributed by atoms with Gasteiger partial charge in [-0.1, -0.05) is 0 Å². The van der Waals surface area contributed by atoms with Crippen molar-refractivity contribution in [2.45, 2.75) is 104 Å². The molecule has 2 fully saturated rings. The van der Waals surface area contributed by atoms with Crippen LogP contribution in [0.25, 0.3) is 16.6 Å². The minimum absolute atomic E-state index is 0.0365. The lowest BCUT2D eigenvalue weighted by atomic mass is 10.0. The van der Waals surface area contributed by atoms with E-state index in [9.17, 15) is 14.4 Å². The fourth-order valence-corrected chi connectivity index (χ4v) is 6.39. The number of nitrogens with zero attached hydrogens (tertiary/aromatic N) is 7. The molecule has 0 radical (unpaired) electrons. The smallest absolute Gasteiger partial charge is 0.410 e. The number of anilines is 2. The number of hydrogen-bond acceptors (Lipinski definition) is 9. The molecule has 14 nitrogen and oxygen atoms in total. The lowest BCUT2D eigenvalue weighted by Gasteiger charge is -2.40. The number of imidazole rings is 1. The highest BCUT2D eigenvalue weighted by Gasteiger charge is 2.41. The maximum absolute atomic E-state index is 16.0. The van der Waals surface area contributed by atoms with Crippen LogP contribution in [0, 0.1) is 12.7 Å². The van der Waals surface area contributed by atoms with Crippen molar-refractivity contribution in [2.24, 2.45) is 7.05 Å². The van der Waals surface area contributed by atoms with Gasteiger partial charge in [0, 0.05) is 50.0 Å². The number of nitrogens with one attached hydrogen (secondary N) is 2. The van der Waals surface area contributed by atoms with Gasteiger partial charge in [-0.2, -0.15) is 5.10 Å². The molecule has 1 aliphatic heterocycles. The average Bonchev–Trinajstić information content (AvgIpc) is 3.62. The third kappa shape index (κ3) is 7.76. The highest BCUT2D eigenvalue weighted by molar-refractivity contribution is 6.14. The van der Waals surface area contributed by atoms with Crippen LogP contribution >= 0.6 is 0 Å². The minimum Gasteiger partial charge on any atom is -0.444 e. The van der Waals surface area contributed by atoms with Crippen LogP contribution in [0.15, 0.2) is 24.7 Å². The second-order valence-electron chi connectivity index (χ2n) is 15.1. The van der Waals surface area contributed by atoms with Gasteiger partial charge >= 0.3 is 12.2 Å². The van der Waals surface area contributed by atoms with E-state index in [4.69, 9.17) is 9.47 Å². The summed E-state index contributed by atoms with van der Waals surface area (Å²) in [5.41, 5.74) is 1.14. The molecule has 6 rings (SSSR count). The molecule has 1 saturated heterocycles. The SMILES string of the molecule is Cc1nc(CNC(=O)OC(C)(C)C)cn2cc(NC(=O)c3c(F)cc(N4CCC(N(C(=O)OC(C)(C)C)C5CC5)CC4)c4cn(C)nc34)nc12. The van der Waals surface area contributed by atoms with Gasteiger partial charge in [-0.3, -0.25) is 14.5 Å². The van der Waals surface area contributed by atoms with E-state index in [0.717, 1.165) is 12.8 Å². The van der Waals surface area contributed by atoms with E-state index in [0.29, 0.717) is 54.0 Å². The van der Waals surface area contributed by atoms with Crippen molar-refractivity contribution in [3.05, 3.63) is 47.4 Å². The predicted molar refractivity (Wildman–Crippen MR) is 186 cm³/mol. The van der Waals surface area contributed by atoms with E-state index >= 15 is 4.39 Å². The predicted octanol–water partition coefficient (Wildman–Crippen LogP) is 5.71. The second kappa shape index (κ2) is 13.1. The second-order valence-corrected chi connectivity index (χ2v) is 15.1. The molecule has 0 atom stereocenters. The van der Waals surface area contributed by atoms with Gasteiger partial charge in [0.05, 0.1) is 29.8 Å². The van der Waals surface area contributed by atoms with Crippen LogP contribution in [0.5, 0.6) is 0 Å². The van der Waals surface area contributed by atoms with Crippen molar-refractivity contribution in [3.8, 4) is 0 Å². The van der Waals surface area contributed by atoms with Crippen molar-refractivity contribution in [1.82, 2.24) is 34.4 Å². The van der Waals surface area contributed by atoms with E-state index in [1.54, 1.807) is 62.4 Å². The number of aromatic nitrogens is 5. The van der Waals surface area contributed by atoms with Gasteiger partial charge in [-0.15, -0.1) is 0 Å². The number of benzene rings is 1. The van der Waals surface area contributed by atoms with Crippen molar-refractivity contribution < 1.29 is 28.2 Å². The zero-order chi connectivity index (χ0) is 36.1. The zero-order valence-corrected chi connectivity index (χ0v) is 30.0. The molecule has 2 aliphatic rings. The number of amides is 3. The topological polar surface area (TPSA) is 148 Å². The molecule has 1 aromatic carbocycles. The van der Waals surface area contributed by atoms with Gasteiger partial charge in [0.15, 0.2) is 11.5 Å². The summed E-state index contributed by atoms with van der Waals surface area (Å²) < 4.78 is 30.2. The Balaban J connectivity index is 1.18. The first-order chi connectivity index (χ1) is 23.5. The number of rotatable bonds is 7. The van der Waals surface area contributed by atoms with Gasteiger partial charge in [0.1, 0.15) is 28.1 Å². The van der Waals surface area contributed by atoms with Crippen LogP contribution in [0.3, 0.4) is 0 Å². The Morgan fingerprint density at radius 2 is 1.62 bits per heavy atom. The van der Waals surface area contributed by atoms with Crippen LogP contribution in [0.4, 0.5) is 25.5 Å². The number of carbonyl (C=O) groups is 3. The molecule has 4 heterocycles. The minimum atomic E-state index is -0.698. The van der Waals surface area contributed by atoms with Gasteiger partial charge in [0.2, 0.25) is 0 Å². The average molecular weight is 692 g/mol. The summed E-state index contributed by atoms with van der Waals surface area (Å²) in [6.07, 6.45) is 7.62. The number of piperidine rings is 1. The van der Waals surface area contributed by atoms with Crippen molar-refractivity contribution >= 4 is 46.1 Å². The van der Waals surface area contributed by atoms with Crippen LogP contribution in [-0.4, -0.2) is 83.5 Å². The Hall–Kier alpha value is -4.95. The van der Waals surface area contributed by atoms with E-state index in [1.807, 2.05) is 25.7 Å². The number of ether oxygens (including phenoxy) is 2. The van der Waals surface area contributed by atoms with E-state index in [1.165, 1.54) is 6.07 Å². The highest BCUT2D eigenvalue weighted by atomic mass is 19.1. The first-order valence-electron chi connectivity index (χ1n) is 17.0. The quantitative estimate of drug-likeness (QED) is 0.249. The molecular weight excluding hydrogens is 645 g/mol. The molecule has 268 valence electrons. The summed E-state index contributed by atoms with van der Waals surface area (Å²) in [6.45, 7) is 14.1. The fraction of sp³-hybridized carbons (Fsp3) is 0.543. The molecule has 50 heavy (non-hydrogen) atoms. The molecule has 3 amide bonds. The first kappa shape index (κ1) is 34.9. The number of aryl methyl sites for hydroxylation is 2. The molecule has 0 bridgehead atoms. The standard InChI is InChI=1S/C35H46FN9O5/c1-20-30-39-27(19-44(30)17-21(38-20)16-37-32(47)49-34(2,3)4)40-31(46)28-25(36)15-26(24-18-42(8)41-29(24)28)43-13-11-23(12-14-43)45(22-9-10-22)33(48)50-35(5,6)7/h15,17-19,22-23H,9-14,16H2,1-8H3,(H,37,47)(H,40,46). The monoisotopic (exact) mass is 691 g/mol. The molecule has 1 aliphatic carbocycles. The van der Waals surface area contributed by atoms with E-state index in [2.05, 4.69) is 30.6 Å². The van der Waals surface area contributed by atoms with Crippen molar-refractivity contribution in [1.29, 1.82) is 0 Å². The molecule has 15 heteroatoms. The summed E-state index contributed by atoms with van der Waals surface area (Å²) in [6, 6.07) is 1.64. The highest BCUT2D eigenvalue weighted by Crippen LogP contribution is 2.37. The van der Waals surface area contributed by atoms with Gasteiger partial charge in [-0.05, 0) is 80.2 Å². The summed E-state index contributed by atoms with van der Waals surface area (Å²) in [5, 5.41) is 10.6. The van der Waals surface area contributed by atoms with Gasteiger partial charge < -0.3 is 34.3 Å². The van der Waals surface area contributed by atoms with E-state index in [-0.39, 0.29) is 41.6 Å². The Bertz CT molecular complexity index is 1950. The molecule has 4 aromatic rings. The Kier molecular flexibility index (Phi) is 9.12. The van der Waals surface area contributed by atoms with Crippen LogP contribution in [-0.2, 0) is 23.1 Å². The van der Waals surface area contributed by atoms with Crippen molar-refractivity contribution in [3.63, 3.8) is 0 Å². The maximum atomic E-state index is 16.0. The lowest BCUT2D eigenvalue weighted by Crippen LogP contribution is -2.50. The summed E-state index contributed by atoms with van der Waals surface area (Å²) in [5.74, 6) is -1.18. The lowest BCUT2D eigenvalue weighted by molar-refractivity contribution is 0.0113. The number of hydrogen-bond donors (Lipinski definition) is 2. The van der Waals surface area contributed by atoms with Gasteiger partial charge in [0.25, 0.3) is 5.91 Å². The van der Waals surface area contributed by atoms with Crippen molar-refractivity contribution in [2.75, 3.05) is 23.3 Å². The Labute approximate surface area is 290 Å². The third-order valence-corrected chi connectivity index (χ3v) is 8.52. The number of fused-ring (bicyclic) bond motifs is 2. The summed E-state index contributed by atoms with van der Waals surface area (Å²) in [4.78, 5) is 51.8. The molecule has 2 N–H and O–H groups in total. The third-order valence-electron chi connectivity index (χ3n) is 8.52. The van der Waals surface area contributed by atoms with E-state index < -0.39 is 29.0 Å².